The van der Waals surface area contributed by atoms with Gasteiger partial charge < -0.3 is 4.42 Å². The molecule has 7 heteroatoms. The van der Waals surface area contributed by atoms with Crippen molar-refractivity contribution in [2.75, 3.05) is 0 Å². The molecule has 0 aliphatic heterocycles. The SMILES string of the molecule is Cc1ccoc1/C=N\NC(=O)[C@@H](C)n1nnc2ccccc21. The molecule has 7 nitrogen and oxygen atoms in total. The maximum absolute atomic E-state index is 12.2. The van der Waals surface area contributed by atoms with Crippen LogP contribution in [-0.4, -0.2) is 27.1 Å². The molecule has 1 N–H and O–H groups in total. The van der Waals surface area contributed by atoms with Crippen molar-refractivity contribution >= 4 is 23.2 Å². The number of hydrogen-bond acceptors (Lipinski definition) is 5. The quantitative estimate of drug-likeness (QED) is 0.590. The fraction of sp³-hybridized carbons (Fsp3) is 0.200. The van der Waals surface area contributed by atoms with Gasteiger partial charge in [0.2, 0.25) is 0 Å². The van der Waals surface area contributed by atoms with Gasteiger partial charge in [-0.1, -0.05) is 17.3 Å². The third-order valence-electron chi connectivity index (χ3n) is 3.38. The Morgan fingerprint density at radius 3 is 3.00 bits per heavy atom. The molecule has 112 valence electrons. The number of rotatable bonds is 4. The number of furan rings is 1. The Morgan fingerprint density at radius 1 is 1.41 bits per heavy atom. The second kappa shape index (κ2) is 5.80. The number of hydrazone groups is 1. The minimum atomic E-state index is -0.526. The first-order valence-electron chi connectivity index (χ1n) is 6.84. The maximum atomic E-state index is 12.2. The molecule has 0 saturated carbocycles. The highest BCUT2D eigenvalue weighted by molar-refractivity contribution is 5.84. The smallest absolute Gasteiger partial charge is 0.264 e. The number of nitrogens with zero attached hydrogens (tertiary/aromatic N) is 4. The number of nitrogens with one attached hydrogen (secondary N) is 1. The number of hydrogen-bond donors (Lipinski definition) is 1. The Kier molecular flexibility index (Phi) is 3.69. The lowest BCUT2D eigenvalue weighted by molar-refractivity contribution is -0.124. The van der Waals surface area contributed by atoms with Crippen molar-refractivity contribution in [3.05, 3.63) is 47.9 Å². The van der Waals surface area contributed by atoms with E-state index in [1.807, 2.05) is 37.3 Å². The predicted octanol–water partition coefficient (Wildman–Crippen LogP) is 2.04. The van der Waals surface area contributed by atoms with Crippen molar-refractivity contribution in [1.82, 2.24) is 20.4 Å². The first kappa shape index (κ1) is 14.0. The van der Waals surface area contributed by atoms with Gasteiger partial charge in [-0.05, 0) is 37.6 Å². The van der Waals surface area contributed by atoms with Crippen LogP contribution in [0.4, 0.5) is 0 Å². The van der Waals surface area contributed by atoms with Gasteiger partial charge >= 0.3 is 0 Å². The van der Waals surface area contributed by atoms with Crippen LogP contribution >= 0.6 is 0 Å². The zero-order chi connectivity index (χ0) is 15.5. The summed E-state index contributed by atoms with van der Waals surface area (Å²) in [5.41, 5.74) is 4.98. The Morgan fingerprint density at radius 2 is 2.23 bits per heavy atom. The van der Waals surface area contributed by atoms with Gasteiger partial charge in [-0.3, -0.25) is 4.79 Å². The number of amides is 1. The minimum absolute atomic E-state index is 0.281. The van der Waals surface area contributed by atoms with Crippen molar-refractivity contribution in [2.45, 2.75) is 19.9 Å². The van der Waals surface area contributed by atoms with Crippen LogP contribution in [0.3, 0.4) is 0 Å². The molecule has 2 aromatic heterocycles. The van der Waals surface area contributed by atoms with Gasteiger partial charge in [-0.15, -0.1) is 5.10 Å². The molecule has 1 atom stereocenters. The Hall–Kier alpha value is -2.96. The lowest BCUT2D eigenvalue weighted by Gasteiger charge is -2.10. The molecule has 0 aliphatic rings. The summed E-state index contributed by atoms with van der Waals surface area (Å²) in [6.07, 6.45) is 3.04. The molecule has 1 aromatic carbocycles. The molecule has 0 bridgehead atoms. The van der Waals surface area contributed by atoms with Crippen LogP contribution in [0.1, 0.15) is 24.3 Å². The van der Waals surface area contributed by atoms with Crippen LogP contribution in [-0.2, 0) is 4.79 Å². The molecule has 3 rings (SSSR count). The first-order valence-corrected chi connectivity index (χ1v) is 6.84. The number of fused-ring (bicyclic) bond motifs is 1. The van der Waals surface area contributed by atoms with Crippen molar-refractivity contribution < 1.29 is 9.21 Å². The van der Waals surface area contributed by atoms with Crippen LogP contribution in [0.15, 0.2) is 46.1 Å². The fourth-order valence-corrected chi connectivity index (χ4v) is 2.05. The van der Waals surface area contributed by atoms with Crippen LogP contribution in [0.2, 0.25) is 0 Å². The summed E-state index contributed by atoms with van der Waals surface area (Å²) < 4.78 is 6.78. The van der Waals surface area contributed by atoms with E-state index in [9.17, 15) is 4.79 Å². The first-order chi connectivity index (χ1) is 10.7. The molecule has 3 aromatic rings. The van der Waals surface area contributed by atoms with E-state index in [4.69, 9.17) is 4.42 Å². The van der Waals surface area contributed by atoms with E-state index in [1.54, 1.807) is 17.9 Å². The summed E-state index contributed by atoms with van der Waals surface area (Å²) in [6, 6.07) is 8.78. The summed E-state index contributed by atoms with van der Waals surface area (Å²) >= 11 is 0. The van der Waals surface area contributed by atoms with Crippen LogP contribution in [0.5, 0.6) is 0 Å². The van der Waals surface area contributed by atoms with Gasteiger partial charge in [0.1, 0.15) is 17.3 Å². The Bertz CT molecular complexity index is 833. The third kappa shape index (κ3) is 2.60. The van der Waals surface area contributed by atoms with Gasteiger partial charge in [0.25, 0.3) is 5.91 Å². The average molecular weight is 297 g/mol. The summed E-state index contributed by atoms with van der Waals surface area (Å²) in [7, 11) is 0. The summed E-state index contributed by atoms with van der Waals surface area (Å²) in [5.74, 6) is 0.329. The van der Waals surface area contributed by atoms with Crippen molar-refractivity contribution in [2.24, 2.45) is 5.10 Å². The predicted molar refractivity (Wildman–Crippen MR) is 81.4 cm³/mol. The van der Waals surface area contributed by atoms with Crippen molar-refractivity contribution in [3.63, 3.8) is 0 Å². The molecule has 0 unspecified atom stereocenters. The molecule has 1 amide bonds. The van der Waals surface area contributed by atoms with Crippen LogP contribution in [0.25, 0.3) is 11.0 Å². The molecule has 0 spiro atoms. The average Bonchev–Trinajstić information content (AvgIpc) is 3.13. The standard InChI is InChI=1S/C15H15N5O2/c1-10-7-8-22-14(10)9-16-18-15(21)11(2)20-13-6-4-3-5-12(13)17-19-20/h3-9,11H,1-2H3,(H,18,21)/b16-9-/t11-/m1/s1. The normalized spacial score (nSPS) is 12.8. The van der Waals surface area contributed by atoms with Gasteiger partial charge in [-0.25, -0.2) is 10.1 Å². The van der Waals surface area contributed by atoms with E-state index in [-0.39, 0.29) is 5.91 Å². The molecule has 0 saturated heterocycles. The second-order valence-electron chi connectivity index (χ2n) is 4.90. The highest BCUT2D eigenvalue weighted by atomic mass is 16.3. The molecule has 0 radical (unpaired) electrons. The Labute approximate surface area is 126 Å². The van der Waals surface area contributed by atoms with E-state index in [2.05, 4.69) is 20.8 Å². The number of benzene rings is 1. The van der Waals surface area contributed by atoms with E-state index in [0.29, 0.717) is 5.76 Å². The molecular formula is C15H15N5O2. The maximum Gasteiger partial charge on any atom is 0.264 e. The van der Waals surface area contributed by atoms with Crippen LogP contribution in [0, 0.1) is 6.92 Å². The zero-order valence-electron chi connectivity index (χ0n) is 12.2. The topological polar surface area (TPSA) is 85.3 Å². The van der Waals surface area contributed by atoms with Gasteiger partial charge in [0, 0.05) is 0 Å². The van der Waals surface area contributed by atoms with E-state index in [1.165, 1.54) is 6.21 Å². The Balaban J connectivity index is 1.72. The van der Waals surface area contributed by atoms with Gasteiger partial charge in [0.15, 0.2) is 0 Å². The van der Waals surface area contributed by atoms with E-state index < -0.39 is 6.04 Å². The summed E-state index contributed by atoms with van der Waals surface area (Å²) in [5, 5.41) is 12.0. The summed E-state index contributed by atoms with van der Waals surface area (Å²) in [6.45, 7) is 3.64. The second-order valence-corrected chi connectivity index (χ2v) is 4.90. The number of carbonyl (C=O) groups excluding carboxylic acids is 1. The van der Waals surface area contributed by atoms with Crippen molar-refractivity contribution in [1.29, 1.82) is 0 Å². The number of aromatic nitrogens is 3. The van der Waals surface area contributed by atoms with Crippen LogP contribution < -0.4 is 5.43 Å². The molecule has 22 heavy (non-hydrogen) atoms. The third-order valence-corrected chi connectivity index (χ3v) is 3.38. The van der Waals surface area contributed by atoms with Gasteiger partial charge in [-0.2, -0.15) is 5.10 Å². The molecule has 0 fully saturated rings. The fourth-order valence-electron chi connectivity index (χ4n) is 2.05. The number of para-hydroxylation sites is 1. The summed E-state index contributed by atoms with van der Waals surface area (Å²) in [4.78, 5) is 12.2. The lowest BCUT2D eigenvalue weighted by atomic mass is 10.3. The highest BCUT2D eigenvalue weighted by Crippen LogP contribution is 2.15. The molecular weight excluding hydrogens is 282 g/mol. The lowest BCUT2D eigenvalue weighted by Crippen LogP contribution is -2.28. The van der Waals surface area contributed by atoms with Gasteiger partial charge in [0.05, 0.1) is 18.0 Å². The number of aryl methyl sites for hydroxylation is 1. The minimum Gasteiger partial charge on any atom is -0.463 e. The largest absolute Gasteiger partial charge is 0.463 e. The number of carbonyl (C=O) groups is 1. The van der Waals surface area contributed by atoms with E-state index in [0.717, 1.165) is 16.6 Å². The molecule has 2 heterocycles. The monoisotopic (exact) mass is 297 g/mol. The van der Waals surface area contributed by atoms with E-state index >= 15 is 0 Å². The molecule has 0 aliphatic carbocycles. The highest BCUT2D eigenvalue weighted by Gasteiger charge is 2.18. The van der Waals surface area contributed by atoms with Crippen molar-refractivity contribution in [3.8, 4) is 0 Å². The zero-order valence-corrected chi connectivity index (χ0v) is 12.2.